The molecule has 166 valence electrons. The van der Waals surface area contributed by atoms with Crippen molar-refractivity contribution in [1.82, 2.24) is 15.1 Å². The number of rotatable bonds is 7. The third-order valence-corrected chi connectivity index (χ3v) is 5.83. The molecule has 1 aliphatic heterocycles. The Labute approximate surface area is 184 Å². The highest BCUT2D eigenvalue weighted by Crippen LogP contribution is 2.35. The van der Waals surface area contributed by atoms with E-state index in [4.69, 9.17) is 0 Å². The van der Waals surface area contributed by atoms with E-state index in [1.54, 1.807) is 6.07 Å². The van der Waals surface area contributed by atoms with Gasteiger partial charge in [0.25, 0.3) is 0 Å². The lowest BCUT2D eigenvalue weighted by molar-refractivity contribution is -0.141. The Hall–Kier alpha value is -2.73. The molecular weight excluding hydrogens is 393 g/mol. The molecule has 2 aromatic rings. The molecule has 1 atom stereocenters. The fraction of sp³-hybridized carbons (Fsp3) is 0.440. The largest absolute Gasteiger partial charge is 0.356 e. The van der Waals surface area contributed by atoms with Crippen LogP contribution in [0.2, 0.25) is 0 Å². The summed E-state index contributed by atoms with van der Waals surface area (Å²) in [5.41, 5.74) is 2.06. The molecule has 1 heterocycles. The zero-order valence-corrected chi connectivity index (χ0v) is 18.7. The number of likely N-dealkylation sites (tertiary alicyclic amines) is 1. The fourth-order valence-electron chi connectivity index (χ4n) is 4.39. The summed E-state index contributed by atoms with van der Waals surface area (Å²) in [5, 5.41) is 2.99. The molecule has 1 saturated heterocycles. The maximum atomic E-state index is 13.7. The number of amides is 2. The smallest absolute Gasteiger partial charge is 0.236 e. The molecule has 2 amide bonds. The van der Waals surface area contributed by atoms with Crippen LogP contribution in [0.3, 0.4) is 0 Å². The zero-order chi connectivity index (χ0) is 22.4. The van der Waals surface area contributed by atoms with E-state index in [0.717, 1.165) is 29.5 Å². The second kappa shape index (κ2) is 10.1. The first-order valence-corrected chi connectivity index (χ1v) is 10.9. The van der Waals surface area contributed by atoms with Gasteiger partial charge in [-0.25, -0.2) is 4.39 Å². The lowest BCUT2D eigenvalue weighted by Gasteiger charge is -2.42. The molecule has 2 aromatic carbocycles. The van der Waals surface area contributed by atoms with Gasteiger partial charge in [-0.2, -0.15) is 0 Å². The van der Waals surface area contributed by atoms with Crippen molar-refractivity contribution in [3.8, 4) is 11.1 Å². The van der Waals surface area contributed by atoms with Crippen LogP contribution in [0.1, 0.15) is 25.3 Å². The first-order valence-electron chi connectivity index (χ1n) is 10.9. The number of hydrogen-bond donors (Lipinski definition) is 1. The first-order chi connectivity index (χ1) is 14.8. The third-order valence-electron chi connectivity index (χ3n) is 5.83. The number of halogens is 1. The van der Waals surface area contributed by atoms with Crippen molar-refractivity contribution >= 4 is 11.8 Å². The van der Waals surface area contributed by atoms with Crippen molar-refractivity contribution in [2.24, 2.45) is 5.41 Å². The van der Waals surface area contributed by atoms with Gasteiger partial charge in [0.2, 0.25) is 11.8 Å². The minimum atomic E-state index is -0.670. The molecule has 3 rings (SSSR count). The molecule has 6 heteroatoms. The third kappa shape index (κ3) is 5.70. The highest BCUT2D eigenvalue weighted by atomic mass is 19.1. The summed E-state index contributed by atoms with van der Waals surface area (Å²) in [5.74, 6) is -0.232. The van der Waals surface area contributed by atoms with Crippen LogP contribution < -0.4 is 5.32 Å². The standard InChI is InChI=1S/C25H32FN3O2/c1-4-27-24(31)25(12-7-13-29(18-25)23(30)17-28(2)3)16-19-8-5-9-20(14-19)21-10-6-11-22(26)15-21/h5-6,8-11,14-15H,4,7,12-13,16-18H2,1-3H3,(H,27,31). The van der Waals surface area contributed by atoms with E-state index in [1.165, 1.54) is 12.1 Å². The van der Waals surface area contributed by atoms with Gasteiger partial charge in [0.1, 0.15) is 5.82 Å². The summed E-state index contributed by atoms with van der Waals surface area (Å²) in [6, 6.07) is 14.4. The molecule has 1 fully saturated rings. The number of carbonyl (C=O) groups excluding carboxylic acids is 2. The Kier molecular flexibility index (Phi) is 7.44. The van der Waals surface area contributed by atoms with E-state index < -0.39 is 5.41 Å². The second-order valence-electron chi connectivity index (χ2n) is 8.68. The number of likely N-dealkylation sites (N-methyl/N-ethyl adjacent to an activating group) is 1. The van der Waals surface area contributed by atoms with Crippen LogP contribution in [-0.4, -0.2) is 61.9 Å². The maximum Gasteiger partial charge on any atom is 0.236 e. The van der Waals surface area contributed by atoms with E-state index in [2.05, 4.69) is 5.32 Å². The van der Waals surface area contributed by atoms with E-state index in [0.29, 0.717) is 32.6 Å². The van der Waals surface area contributed by atoms with Crippen molar-refractivity contribution in [1.29, 1.82) is 0 Å². The van der Waals surface area contributed by atoms with Gasteiger partial charge in [0.15, 0.2) is 0 Å². The van der Waals surface area contributed by atoms with Crippen LogP contribution in [0.15, 0.2) is 48.5 Å². The Bertz CT molecular complexity index is 930. The average molecular weight is 426 g/mol. The maximum absolute atomic E-state index is 13.7. The van der Waals surface area contributed by atoms with Crippen LogP contribution >= 0.6 is 0 Å². The van der Waals surface area contributed by atoms with Crippen molar-refractivity contribution < 1.29 is 14.0 Å². The summed E-state index contributed by atoms with van der Waals surface area (Å²) in [4.78, 5) is 29.6. The minimum Gasteiger partial charge on any atom is -0.356 e. The monoisotopic (exact) mass is 425 g/mol. The van der Waals surface area contributed by atoms with Gasteiger partial charge in [-0.15, -0.1) is 0 Å². The molecule has 31 heavy (non-hydrogen) atoms. The Balaban J connectivity index is 1.89. The molecule has 0 saturated carbocycles. The number of piperidine rings is 1. The highest BCUT2D eigenvalue weighted by Gasteiger charge is 2.43. The summed E-state index contributed by atoms with van der Waals surface area (Å²) >= 11 is 0. The minimum absolute atomic E-state index is 0.00601. The average Bonchev–Trinajstić information content (AvgIpc) is 2.74. The highest BCUT2D eigenvalue weighted by molar-refractivity contribution is 5.85. The molecule has 1 N–H and O–H groups in total. The van der Waals surface area contributed by atoms with Gasteiger partial charge in [-0.05, 0) is 69.1 Å². The van der Waals surface area contributed by atoms with Gasteiger partial charge < -0.3 is 15.1 Å². The number of nitrogens with zero attached hydrogens (tertiary/aromatic N) is 2. The van der Waals surface area contributed by atoms with Crippen LogP contribution in [0, 0.1) is 11.2 Å². The van der Waals surface area contributed by atoms with Crippen molar-refractivity contribution in [3.05, 3.63) is 59.9 Å². The van der Waals surface area contributed by atoms with Gasteiger partial charge in [0.05, 0.1) is 12.0 Å². The Morgan fingerprint density at radius 1 is 1.13 bits per heavy atom. The van der Waals surface area contributed by atoms with Gasteiger partial charge in [-0.1, -0.05) is 36.4 Å². The lowest BCUT2D eigenvalue weighted by Crippen LogP contribution is -2.55. The van der Waals surface area contributed by atoms with Crippen LogP contribution in [-0.2, 0) is 16.0 Å². The number of carbonyl (C=O) groups is 2. The van der Waals surface area contributed by atoms with Crippen molar-refractivity contribution in [2.45, 2.75) is 26.2 Å². The molecule has 1 unspecified atom stereocenters. The summed E-state index contributed by atoms with van der Waals surface area (Å²) in [6.07, 6.45) is 2.06. The molecular formula is C25H32FN3O2. The quantitative estimate of drug-likeness (QED) is 0.740. The molecule has 0 spiro atoms. The lowest BCUT2D eigenvalue weighted by atomic mass is 9.74. The second-order valence-corrected chi connectivity index (χ2v) is 8.68. The molecule has 0 bridgehead atoms. The Morgan fingerprint density at radius 3 is 2.52 bits per heavy atom. The molecule has 0 aliphatic carbocycles. The predicted molar refractivity (Wildman–Crippen MR) is 121 cm³/mol. The van der Waals surface area contributed by atoms with E-state index in [-0.39, 0.29) is 17.6 Å². The topological polar surface area (TPSA) is 52.7 Å². The summed E-state index contributed by atoms with van der Waals surface area (Å²) in [6.45, 7) is 3.89. The molecule has 0 aromatic heterocycles. The van der Waals surface area contributed by atoms with E-state index >= 15 is 0 Å². The summed E-state index contributed by atoms with van der Waals surface area (Å²) in [7, 11) is 3.74. The fourth-order valence-corrected chi connectivity index (χ4v) is 4.39. The number of nitrogens with one attached hydrogen (secondary N) is 1. The van der Waals surface area contributed by atoms with Crippen molar-refractivity contribution in [3.63, 3.8) is 0 Å². The van der Waals surface area contributed by atoms with Crippen LogP contribution in [0.5, 0.6) is 0 Å². The summed E-state index contributed by atoms with van der Waals surface area (Å²) < 4.78 is 13.7. The van der Waals surface area contributed by atoms with Gasteiger partial charge in [0, 0.05) is 19.6 Å². The SMILES string of the molecule is CCNC(=O)C1(Cc2cccc(-c3cccc(F)c3)c2)CCCN(C(=O)CN(C)C)C1. The number of benzene rings is 2. The van der Waals surface area contributed by atoms with Gasteiger partial charge in [-0.3, -0.25) is 9.59 Å². The van der Waals surface area contributed by atoms with Crippen molar-refractivity contribution in [2.75, 3.05) is 40.3 Å². The Morgan fingerprint density at radius 2 is 1.84 bits per heavy atom. The normalized spacial score (nSPS) is 18.8. The predicted octanol–water partition coefficient (Wildman–Crippen LogP) is 3.34. The first kappa shape index (κ1) is 22.9. The number of hydrogen-bond acceptors (Lipinski definition) is 3. The van der Waals surface area contributed by atoms with E-state index in [1.807, 2.05) is 61.2 Å². The molecule has 1 aliphatic rings. The van der Waals surface area contributed by atoms with Gasteiger partial charge >= 0.3 is 0 Å². The molecule has 5 nitrogen and oxygen atoms in total. The van der Waals surface area contributed by atoms with Crippen LogP contribution in [0.25, 0.3) is 11.1 Å². The zero-order valence-electron chi connectivity index (χ0n) is 18.7. The van der Waals surface area contributed by atoms with E-state index in [9.17, 15) is 14.0 Å². The van der Waals surface area contributed by atoms with Crippen LogP contribution in [0.4, 0.5) is 4.39 Å². The molecule has 0 radical (unpaired) electrons.